The lowest BCUT2D eigenvalue weighted by Gasteiger charge is -2.48. The third-order valence-corrected chi connectivity index (χ3v) is 8.41. The van der Waals surface area contributed by atoms with E-state index >= 15 is 0 Å². The van der Waals surface area contributed by atoms with Gasteiger partial charge in [0.2, 0.25) is 0 Å². The molecule has 7 nitrogen and oxygen atoms in total. The molecule has 0 spiro atoms. The fourth-order valence-electron chi connectivity index (χ4n) is 6.36. The second kappa shape index (κ2) is 9.71. The molecule has 9 atom stereocenters. The Hall–Kier alpha value is -1.58. The molecule has 0 aliphatic carbocycles. The summed E-state index contributed by atoms with van der Waals surface area (Å²) < 4.78 is 32.2. The molecule has 0 saturated carbocycles. The minimum atomic E-state index is -0.823. The Morgan fingerprint density at radius 2 is 1.80 bits per heavy atom. The molecule has 2 N–H and O–H groups in total. The molecular weight excluding hydrogens is 448 g/mol. The summed E-state index contributed by atoms with van der Waals surface area (Å²) in [5, 5.41) is 22.9. The quantitative estimate of drug-likeness (QED) is 0.690. The van der Waals surface area contributed by atoms with Crippen molar-refractivity contribution in [1.29, 1.82) is 0 Å². The van der Waals surface area contributed by atoms with Crippen LogP contribution in [0.1, 0.15) is 44.6 Å². The monoisotopic (exact) mass is 484 g/mol. The van der Waals surface area contributed by atoms with E-state index in [9.17, 15) is 10.2 Å². The van der Waals surface area contributed by atoms with Crippen LogP contribution in [0.5, 0.6) is 0 Å². The Bertz CT molecular complexity index is 1030. The largest absolute Gasteiger partial charge is 0.394 e. The minimum Gasteiger partial charge on any atom is -0.394 e. The highest BCUT2D eigenvalue weighted by molar-refractivity contribution is 5.82. The van der Waals surface area contributed by atoms with E-state index in [0.29, 0.717) is 19.4 Å². The molecule has 0 bridgehead atoms. The summed E-state index contributed by atoms with van der Waals surface area (Å²) in [6.07, 6.45) is 1.50. The predicted molar refractivity (Wildman–Crippen MR) is 129 cm³/mol. The Morgan fingerprint density at radius 1 is 0.971 bits per heavy atom. The molecular formula is C28H36O7. The van der Waals surface area contributed by atoms with Crippen LogP contribution in [0.4, 0.5) is 0 Å². The normalized spacial score (nSPS) is 41.5. The van der Waals surface area contributed by atoms with Gasteiger partial charge >= 0.3 is 0 Å². The molecule has 4 aliphatic rings. The molecule has 35 heavy (non-hydrogen) atoms. The zero-order valence-corrected chi connectivity index (χ0v) is 20.3. The second-order valence-electron chi connectivity index (χ2n) is 10.7. The van der Waals surface area contributed by atoms with Gasteiger partial charge in [-0.05, 0) is 42.2 Å². The van der Waals surface area contributed by atoms with E-state index in [2.05, 4.69) is 30.3 Å². The predicted octanol–water partition coefficient (Wildman–Crippen LogP) is 3.12. The van der Waals surface area contributed by atoms with Crippen LogP contribution in [0.2, 0.25) is 0 Å². The number of hydrogen-bond acceptors (Lipinski definition) is 7. The van der Waals surface area contributed by atoms with Crippen molar-refractivity contribution >= 4 is 10.8 Å². The highest BCUT2D eigenvalue weighted by atomic mass is 16.6. The second-order valence-corrected chi connectivity index (χ2v) is 10.7. The van der Waals surface area contributed by atoms with Crippen LogP contribution < -0.4 is 0 Å². The van der Waals surface area contributed by atoms with Crippen molar-refractivity contribution in [3.8, 4) is 0 Å². The smallest absolute Gasteiger partial charge is 0.118 e. The average Bonchev–Trinajstić information content (AvgIpc) is 2.99. The van der Waals surface area contributed by atoms with Gasteiger partial charge in [0.25, 0.3) is 0 Å². The summed E-state index contributed by atoms with van der Waals surface area (Å²) in [4.78, 5) is 0. The topological polar surface area (TPSA) is 86.6 Å². The minimum absolute atomic E-state index is 0.0472. The highest BCUT2D eigenvalue weighted by Crippen LogP contribution is 2.44. The fourth-order valence-corrected chi connectivity index (χ4v) is 6.36. The standard InChI is InChI=1S/C28H36O7/c1-28-26(32-16-17-8-9-18-5-2-3-6-19(18)11-17)14-24-23(13-22-21(33-24)7-4-10-31-22)34-27(28)12-20(30)25(15-29)35-28/h2-3,5-6,8-9,11,20-27,29-30H,4,7,10,12-16H2,1H3/t20-,21-,22+,23-,24+,25+,26-,27+,28-/m0/s1. The van der Waals surface area contributed by atoms with Gasteiger partial charge in [-0.25, -0.2) is 0 Å². The zero-order chi connectivity index (χ0) is 24.0. The van der Waals surface area contributed by atoms with Crippen LogP contribution in [-0.2, 0) is 30.3 Å². The number of hydrogen-bond donors (Lipinski definition) is 2. The number of aliphatic hydroxyl groups excluding tert-OH is 2. The first-order valence-corrected chi connectivity index (χ1v) is 13.0. The van der Waals surface area contributed by atoms with Crippen LogP contribution >= 0.6 is 0 Å². The first-order valence-electron chi connectivity index (χ1n) is 13.0. The first-order chi connectivity index (χ1) is 17.0. The van der Waals surface area contributed by atoms with E-state index < -0.39 is 17.8 Å². The highest BCUT2D eigenvalue weighted by Gasteiger charge is 2.57. The molecule has 0 unspecified atom stereocenters. The van der Waals surface area contributed by atoms with E-state index in [1.807, 2.05) is 19.1 Å². The van der Waals surface area contributed by atoms with Crippen molar-refractivity contribution in [2.24, 2.45) is 0 Å². The van der Waals surface area contributed by atoms with E-state index in [0.717, 1.165) is 31.4 Å². The van der Waals surface area contributed by atoms with Gasteiger partial charge in [-0.3, -0.25) is 0 Å². The van der Waals surface area contributed by atoms with Crippen LogP contribution in [0, 0.1) is 0 Å². The number of benzene rings is 2. The molecule has 7 heteroatoms. The van der Waals surface area contributed by atoms with Gasteiger partial charge in [0, 0.05) is 25.9 Å². The van der Waals surface area contributed by atoms with Gasteiger partial charge in [0.15, 0.2) is 0 Å². The molecule has 2 aromatic carbocycles. The van der Waals surface area contributed by atoms with Gasteiger partial charge in [-0.2, -0.15) is 0 Å². The van der Waals surface area contributed by atoms with E-state index in [4.69, 9.17) is 23.7 Å². The van der Waals surface area contributed by atoms with Crippen molar-refractivity contribution < 1.29 is 33.9 Å². The van der Waals surface area contributed by atoms with Crippen LogP contribution in [0.3, 0.4) is 0 Å². The number of ether oxygens (including phenoxy) is 5. The third kappa shape index (κ3) is 4.53. The molecule has 0 aromatic heterocycles. The lowest BCUT2D eigenvalue weighted by molar-refractivity contribution is -0.279. The van der Waals surface area contributed by atoms with E-state index in [-0.39, 0.29) is 43.2 Å². The van der Waals surface area contributed by atoms with Gasteiger partial charge in [0.1, 0.15) is 11.7 Å². The number of rotatable bonds is 4. The van der Waals surface area contributed by atoms with E-state index in [1.165, 1.54) is 10.8 Å². The van der Waals surface area contributed by atoms with Crippen molar-refractivity contribution in [3.05, 3.63) is 48.0 Å². The molecule has 4 fully saturated rings. The molecule has 6 rings (SSSR count). The Morgan fingerprint density at radius 3 is 2.66 bits per heavy atom. The third-order valence-electron chi connectivity index (χ3n) is 8.41. The van der Waals surface area contributed by atoms with Crippen molar-refractivity contribution in [2.75, 3.05) is 13.2 Å². The average molecular weight is 485 g/mol. The SMILES string of the molecule is C[C@@]12O[C@H](CO)[C@@H](O)C[C@H]1O[C@H]1C[C@H]3OCCC[C@@H]3O[C@@H]1C[C@@H]2OCc1ccc2ccccc2c1. The van der Waals surface area contributed by atoms with Gasteiger partial charge < -0.3 is 33.9 Å². The Labute approximate surface area is 206 Å². The molecule has 4 aliphatic heterocycles. The molecule has 0 amide bonds. The van der Waals surface area contributed by atoms with Crippen molar-refractivity contribution in [1.82, 2.24) is 0 Å². The van der Waals surface area contributed by atoms with E-state index in [1.54, 1.807) is 0 Å². The molecule has 4 heterocycles. The van der Waals surface area contributed by atoms with Gasteiger partial charge in [-0.15, -0.1) is 0 Å². The fraction of sp³-hybridized carbons (Fsp3) is 0.643. The summed E-state index contributed by atoms with van der Waals surface area (Å²) in [6, 6.07) is 14.7. The zero-order valence-electron chi connectivity index (χ0n) is 20.3. The summed E-state index contributed by atoms with van der Waals surface area (Å²) in [6.45, 7) is 2.95. The summed E-state index contributed by atoms with van der Waals surface area (Å²) in [5.41, 5.74) is 0.265. The van der Waals surface area contributed by atoms with Crippen molar-refractivity contribution in [2.45, 2.75) is 100 Å². The van der Waals surface area contributed by atoms with Crippen LogP contribution in [0.25, 0.3) is 10.8 Å². The van der Waals surface area contributed by atoms with Crippen LogP contribution in [-0.4, -0.2) is 77.9 Å². The maximum Gasteiger partial charge on any atom is 0.118 e. The summed E-state index contributed by atoms with van der Waals surface area (Å²) in [5.74, 6) is 0. The lowest BCUT2D eigenvalue weighted by atomic mass is 9.82. The Balaban J connectivity index is 1.27. The molecule has 4 saturated heterocycles. The summed E-state index contributed by atoms with van der Waals surface area (Å²) in [7, 11) is 0. The van der Waals surface area contributed by atoms with Gasteiger partial charge in [0.05, 0.1) is 55.9 Å². The first kappa shape index (κ1) is 23.8. The maximum absolute atomic E-state index is 10.6. The maximum atomic E-state index is 10.6. The lowest BCUT2D eigenvalue weighted by Crippen LogP contribution is -2.62. The summed E-state index contributed by atoms with van der Waals surface area (Å²) >= 11 is 0. The number of fused-ring (bicyclic) bond motifs is 4. The van der Waals surface area contributed by atoms with Crippen LogP contribution in [0.15, 0.2) is 42.5 Å². The Kier molecular flexibility index (Phi) is 6.60. The molecule has 190 valence electrons. The molecule has 0 radical (unpaired) electrons. The number of aliphatic hydroxyl groups is 2. The van der Waals surface area contributed by atoms with Gasteiger partial charge in [-0.1, -0.05) is 36.4 Å². The molecule has 2 aromatic rings. The van der Waals surface area contributed by atoms with Crippen molar-refractivity contribution in [3.63, 3.8) is 0 Å².